The minimum Gasteiger partial charge on any atom is -0.544 e. The van der Waals surface area contributed by atoms with Gasteiger partial charge in [0.25, 0.3) is 0 Å². The Labute approximate surface area is 129 Å². The largest absolute Gasteiger partial charge is 0.544 e. The van der Waals surface area contributed by atoms with Crippen LogP contribution in [0.15, 0.2) is 66.7 Å². The van der Waals surface area contributed by atoms with Gasteiger partial charge in [-0.05, 0) is 31.3 Å². The molecule has 2 heteroatoms. The molecular formula is C19H24OSi. The molecule has 0 amide bonds. The summed E-state index contributed by atoms with van der Waals surface area (Å²) >= 11 is 0. The van der Waals surface area contributed by atoms with Gasteiger partial charge < -0.3 is 4.43 Å². The molecule has 0 aliphatic rings. The fraction of sp³-hybridized carbons (Fsp3) is 0.263. The second kappa shape index (κ2) is 6.77. The number of rotatable bonds is 5. The zero-order valence-corrected chi connectivity index (χ0v) is 14.3. The van der Waals surface area contributed by atoms with Crippen LogP contribution in [-0.4, -0.2) is 8.32 Å². The van der Waals surface area contributed by atoms with Crippen molar-refractivity contribution < 1.29 is 4.43 Å². The highest BCUT2D eigenvalue weighted by Crippen LogP contribution is 2.26. The third-order valence-corrected chi connectivity index (χ3v) is 4.03. The van der Waals surface area contributed by atoms with Crippen LogP contribution in [-0.2, 0) is 4.43 Å². The van der Waals surface area contributed by atoms with Crippen molar-refractivity contribution in [2.45, 2.75) is 32.5 Å². The molecule has 21 heavy (non-hydrogen) atoms. The van der Waals surface area contributed by atoms with Crippen LogP contribution in [0.2, 0.25) is 19.6 Å². The molecule has 1 atom stereocenters. The summed E-state index contributed by atoms with van der Waals surface area (Å²) < 4.78 is 6.32. The molecule has 0 aliphatic heterocycles. The van der Waals surface area contributed by atoms with E-state index in [1.807, 2.05) is 6.07 Å². The van der Waals surface area contributed by atoms with Gasteiger partial charge >= 0.3 is 0 Å². The first-order chi connectivity index (χ1) is 9.96. The van der Waals surface area contributed by atoms with Crippen molar-refractivity contribution in [2.24, 2.45) is 0 Å². The zero-order chi connectivity index (χ0) is 15.3. The third kappa shape index (κ3) is 4.90. The van der Waals surface area contributed by atoms with E-state index in [-0.39, 0.29) is 0 Å². The maximum absolute atomic E-state index is 6.32. The van der Waals surface area contributed by atoms with Gasteiger partial charge in [-0.2, -0.15) is 0 Å². The van der Waals surface area contributed by atoms with Crippen LogP contribution in [0.4, 0.5) is 0 Å². The Bertz CT molecular complexity index is 582. The Balaban J connectivity index is 2.33. The molecule has 2 rings (SSSR count). The highest BCUT2D eigenvalue weighted by Gasteiger charge is 2.19. The van der Waals surface area contributed by atoms with E-state index in [4.69, 9.17) is 4.43 Å². The van der Waals surface area contributed by atoms with Crippen molar-refractivity contribution in [2.75, 3.05) is 0 Å². The predicted octanol–water partition coefficient (Wildman–Crippen LogP) is 5.68. The number of allylic oxidation sites excluding steroid dienone is 1. The summed E-state index contributed by atoms with van der Waals surface area (Å²) in [6, 6.07) is 20.9. The van der Waals surface area contributed by atoms with Crippen molar-refractivity contribution >= 4 is 14.1 Å². The molecule has 0 aliphatic carbocycles. The summed E-state index contributed by atoms with van der Waals surface area (Å²) in [5.74, 6) is 1.34. The molecule has 0 aromatic heterocycles. The third-order valence-electron chi connectivity index (χ3n) is 3.20. The quantitative estimate of drug-likeness (QED) is 0.509. The Kier molecular flexibility index (Phi) is 5.02. The molecule has 110 valence electrons. The Morgan fingerprint density at radius 1 is 0.905 bits per heavy atom. The van der Waals surface area contributed by atoms with Gasteiger partial charge in [0.1, 0.15) is 5.76 Å². The lowest BCUT2D eigenvalue weighted by Gasteiger charge is -2.23. The summed E-state index contributed by atoms with van der Waals surface area (Å²) in [6.45, 7) is 8.87. The van der Waals surface area contributed by atoms with Crippen LogP contribution in [0, 0.1) is 0 Å². The average Bonchev–Trinajstić information content (AvgIpc) is 2.47. The summed E-state index contributed by atoms with van der Waals surface area (Å²) in [4.78, 5) is 0. The summed E-state index contributed by atoms with van der Waals surface area (Å²) in [7, 11) is -1.64. The van der Waals surface area contributed by atoms with Crippen molar-refractivity contribution in [3.63, 3.8) is 0 Å². The van der Waals surface area contributed by atoms with E-state index in [0.717, 1.165) is 11.3 Å². The Hall–Kier alpha value is -1.80. The van der Waals surface area contributed by atoms with Gasteiger partial charge in [-0.3, -0.25) is 0 Å². The molecule has 0 heterocycles. The molecule has 0 bridgehead atoms. The molecule has 0 radical (unpaired) electrons. The van der Waals surface area contributed by atoms with Crippen LogP contribution in [0.1, 0.15) is 24.0 Å². The standard InChI is InChI=1S/C19H24OSi/c1-16(17-11-7-5-8-12-17)15-19(20-21(2,3)4)18-13-9-6-10-14-18/h5-16H,1-4H3/b19-15-. The molecule has 0 saturated carbocycles. The first kappa shape index (κ1) is 15.6. The minimum atomic E-state index is -1.64. The molecule has 0 saturated heterocycles. The molecule has 0 fully saturated rings. The number of hydrogen-bond donors (Lipinski definition) is 0. The van der Waals surface area contributed by atoms with E-state index < -0.39 is 8.32 Å². The predicted molar refractivity (Wildman–Crippen MR) is 93.7 cm³/mol. The van der Waals surface area contributed by atoms with Gasteiger partial charge in [0, 0.05) is 11.5 Å². The van der Waals surface area contributed by atoms with E-state index in [1.54, 1.807) is 0 Å². The minimum absolute atomic E-state index is 0.331. The second-order valence-electron chi connectivity index (χ2n) is 6.31. The SMILES string of the molecule is CC(/C=C(\O[Si](C)(C)C)c1ccccc1)c1ccccc1. The fourth-order valence-electron chi connectivity index (χ4n) is 2.20. The van der Waals surface area contributed by atoms with E-state index in [0.29, 0.717) is 5.92 Å². The van der Waals surface area contributed by atoms with Crippen molar-refractivity contribution in [1.29, 1.82) is 0 Å². The van der Waals surface area contributed by atoms with Crippen molar-refractivity contribution in [3.05, 3.63) is 77.9 Å². The topological polar surface area (TPSA) is 9.23 Å². The van der Waals surface area contributed by atoms with E-state index >= 15 is 0 Å². The maximum Gasteiger partial charge on any atom is 0.242 e. The zero-order valence-electron chi connectivity index (χ0n) is 13.3. The molecule has 2 aromatic rings. The van der Waals surface area contributed by atoms with Gasteiger partial charge in [0.15, 0.2) is 0 Å². The maximum atomic E-state index is 6.32. The van der Waals surface area contributed by atoms with Gasteiger partial charge in [-0.15, -0.1) is 0 Å². The first-order valence-electron chi connectivity index (χ1n) is 7.47. The number of hydrogen-bond acceptors (Lipinski definition) is 1. The molecule has 1 nitrogen and oxygen atoms in total. The van der Waals surface area contributed by atoms with Crippen LogP contribution >= 0.6 is 0 Å². The fourth-order valence-corrected chi connectivity index (χ4v) is 3.05. The van der Waals surface area contributed by atoms with Crippen LogP contribution in [0.5, 0.6) is 0 Å². The molecule has 1 unspecified atom stereocenters. The smallest absolute Gasteiger partial charge is 0.242 e. The summed E-state index contributed by atoms with van der Waals surface area (Å²) in [5, 5.41) is 0. The Morgan fingerprint density at radius 3 is 1.95 bits per heavy atom. The average molecular weight is 296 g/mol. The van der Waals surface area contributed by atoms with Gasteiger partial charge in [-0.1, -0.05) is 67.6 Å². The highest BCUT2D eigenvalue weighted by molar-refractivity contribution is 6.70. The van der Waals surface area contributed by atoms with E-state index in [9.17, 15) is 0 Å². The normalized spacial score (nSPS) is 13.8. The monoisotopic (exact) mass is 296 g/mol. The van der Waals surface area contributed by atoms with Crippen molar-refractivity contribution in [1.82, 2.24) is 0 Å². The van der Waals surface area contributed by atoms with E-state index in [2.05, 4.69) is 87.2 Å². The van der Waals surface area contributed by atoms with Crippen LogP contribution in [0.25, 0.3) is 5.76 Å². The lowest BCUT2D eigenvalue weighted by atomic mass is 9.99. The van der Waals surface area contributed by atoms with Gasteiger partial charge in [0.05, 0.1) is 0 Å². The van der Waals surface area contributed by atoms with E-state index in [1.165, 1.54) is 5.56 Å². The summed E-state index contributed by atoms with van der Waals surface area (Å²) in [6.07, 6.45) is 2.24. The molecule has 0 N–H and O–H groups in total. The lowest BCUT2D eigenvalue weighted by Crippen LogP contribution is -2.24. The highest BCUT2D eigenvalue weighted by atomic mass is 28.4. The van der Waals surface area contributed by atoms with Gasteiger partial charge in [0.2, 0.25) is 8.32 Å². The molecule has 2 aromatic carbocycles. The molecule has 0 spiro atoms. The molecular weight excluding hydrogens is 272 g/mol. The van der Waals surface area contributed by atoms with Crippen LogP contribution < -0.4 is 0 Å². The first-order valence-corrected chi connectivity index (χ1v) is 10.9. The van der Waals surface area contributed by atoms with Crippen molar-refractivity contribution in [3.8, 4) is 0 Å². The second-order valence-corrected chi connectivity index (χ2v) is 10.7. The lowest BCUT2D eigenvalue weighted by molar-refractivity contribution is 0.511. The van der Waals surface area contributed by atoms with Gasteiger partial charge in [-0.25, -0.2) is 0 Å². The number of benzene rings is 2. The van der Waals surface area contributed by atoms with Crippen LogP contribution in [0.3, 0.4) is 0 Å². The Morgan fingerprint density at radius 2 is 1.43 bits per heavy atom. The summed E-state index contributed by atoms with van der Waals surface area (Å²) in [5.41, 5.74) is 2.47.